The summed E-state index contributed by atoms with van der Waals surface area (Å²) < 4.78 is 42.4. The van der Waals surface area contributed by atoms with Crippen molar-refractivity contribution < 1.29 is 17.6 Å². The second kappa shape index (κ2) is 10.9. The predicted octanol–water partition coefficient (Wildman–Crippen LogP) is 4.44. The number of carbonyl (C=O) groups is 1. The van der Waals surface area contributed by atoms with Gasteiger partial charge in [0.05, 0.1) is 11.4 Å². The van der Waals surface area contributed by atoms with Gasteiger partial charge < -0.3 is 9.80 Å². The molecule has 1 amide bonds. The third kappa shape index (κ3) is 6.28. The molecule has 0 radical (unpaired) electrons. The maximum Gasteiger partial charge on any atom is 0.243 e. The average molecular weight is 560 g/mol. The van der Waals surface area contributed by atoms with Crippen molar-refractivity contribution in [1.29, 1.82) is 0 Å². The highest BCUT2D eigenvalue weighted by Gasteiger charge is 2.30. The average Bonchev–Trinajstić information content (AvgIpc) is 2.86. The van der Waals surface area contributed by atoms with Crippen LogP contribution >= 0.6 is 15.9 Å². The number of hydrogen-bond acceptors (Lipinski definition) is 4. The zero-order valence-corrected chi connectivity index (χ0v) is 21.8. The van der Waals surface area contributed by atoms with Crippen molar-refractivity contribution in [2.75, 3.05) is 37.6 Å². The normalized spacial score (nSPS) is 14.4. The van der Waals surface area contributed by atoms with E-state index < -0.39 is 10.0 Å². The molecule has 0 atom stereocenters. The van der Waals surface area contributed by atoms with Gasteiger partial charge in [-0.05, 0) is 61.0 Å². The van der Waals surface area contributed by atoms with Crippen molar-refractivity contribution in [2.24, 2.45) is 0 Å². The molecule has 0 spiro atoms. The summed E-state index contributed by atoms with van der Waals surface area (Å²) in [5.41, 5.74) is 2.65. The lowest BCUT2D eigenvalue weighted by atomic mass is 10.2. The van der Waals surface area contributed by atoms with Gasteiger partial charge in [0.2, 0.25) is 15.9 Å². The number of hydrogen-bond donors (Lipinski definition) is 0. The first-order chi connectivity index (χ1) is 16.7. The Balaban J connectivity index is 1.49. The largest absolute Gasteiger partial charge is 0.368 e. The first-order valence-corrected chi connectivity index (χ1v) is 13.6. The van der Waals surface area contributed by atoms with Crippen molar-refractivity contribution in [1.82, 2.24) is 9.21 Å². The summed E-state index contributed by atoms with van der Waals surface area (Å²) in [6, 6.07) is 20.3. The lowest BCUT2D eigenvalue weighted by Gasteiger charge is -2.37. The molecule has 1 aliphatic heterocycles. The quantitative estimate of drug-likeness (QED) is 0.429. The van der Waals surface area contributed by atoms with E-state index >= 15 is 0 Å². The number of amides is 1. The molecule has 0 saturated carbocycles. The Morgan fingerprint density at radius 2 is 1.51 bits per heavy atom. The highest BCUT2D eigenvalue weighted by Crippen LogP contribution is 2.22. The van der Waals surface area contributed by atoms with Crippen LogP contribution in [-0.2, 0) is 21.4 Å². The lowest BCUT2D eigenvalue weighted by molar-refractivity contribution is -0.131. The Morgan fingerprint density at radius 1 is 0.914 bits per heavy atom. The van der Waals surface area contributed by atoms with Crippen LogP contribution < -0.4 is 4.90 Å². The molecule has 1 heterocycles. The fourth-order valence-electron chi connectivity index (χ4n) is 4.00. The van der Waals surface area contributed by atoms with Crippen molar-refractivity contribution >= 4 is 37.5 Å². The number of anilines is 1. The van der Waals surface area contributed by atoms with Crippen LogP contribution in [0.2, 0.25) is 0 Å². The molecular formula is C26H27BrFN3O3S. The van der Waals surface area contributed by atoms with Gasteiger partial charge in [0.25, 0.3) is 0 Å². The second-order valence-corrected chi connectivity index (χ2v) is 11.4. The first-order valence-electron chi connectivity index (χ1n) is 11.3. The Hall–Kier alpha value is -2.75. The van der Waals surface area contributed by atoms with Gasteiger partial charge in [-0.2, -0.15) is 4.31 Å². The summed E-state index contributed by atoms with van der Waals surface area (Å²) in [6.45, 7) is 3.85. The van der Waals surface area contributed by atoms with Crippen molar-refractivity contribution in [2.45, 2.75) is 18.4 Å². The second-order valence-electron chi connectivity index (χ2n) is 8.56. The molecule has 1 saturated heterocycles. The number of benzene rings is 3. The molecule has 1 aliphatic rings. The smallest absolute Gasteiger partial charge is 0.243 e. The Kier molecular flexibility index (Phi) is 7.88. The van der Waals surface area contributed by atoms with Crippen molar-refractivity contribution in [3.05, 3.63) is 94.2 Å². The van der Waals surface area contributed by atoms with Crippen molar-refractivity contribution in [3.63, 3.8) is 0 Å². The third-order valence-electron chi connectivity index (χ3n) is 6.07. The highest BCUT2D eigenvalue weighted by molar-refractivity contribution is 9.10. The molecule has 0 bridgehead atoms. The fraction of sp³-hybridized carbons (Fsp3) is 0.269. The molecule has 35 heavy (non-hydrogen) atoms. The summed E-state index contributed by atoms with van der Waals surface area (Å²) in [6.07, 6.45) is 0. The van der Waals surface area contributed by atoms with E-state index in [-0.39, 0.29) is 29.7 Å². The monoisotopic (exact) mass is 559 g/mol. The minimum absolute atomic E-state index is 0.0881. The van der Waals surface area contributed by atoms with E-state index in [0.29, 0.717) is 26.2 Å². The number of halogens is 2. The molecule has 0 aliphatic carbocycles. The zero-order chi connectivity index (χ0) is 25.0. The zero-order valence-electron chi connectivity index (χ0n) is 19.4. The number of rotatable bonds is 7. The van der Waals surface area contributed by atoms with Crippen LogP contribution in [0, 0.1) is 12.7 Å². The molecule has 3 aromatic rings. The Bertz CT molecular complexity index is 1260. The van der Waals surface area contributed by atoms with Crippen LogP contribution in [0.1, 0.15) is 11.1 Å². The molecule has 0 unspecified atom stereocenters. The minimum Gasteiger partial charge on any atom is -0.368 e. The molecule has 6 nitrogen and oxygen atoms in total. The SMILES string of the molecule is Cc1ccc(S(=O)(=O)N(CC(=O)N2CCN(c3ccc(F)cc3)CC2)Cc2ccc(Br)cc2)cc1. The van der Waals surface area contributed by atoms with Crippen LogP contribution in [-0.4, -0.2) is 56.3 Å². The molecule has 1 fully saturated rings. The summed E-state index contributed by atoms with van der Waals surface area (Å²) in [4.78, 5) is 17.2. The highest BCUT2D eigenvalue weighted by atomic mass is 79.9. The molecule has 184 valence electrons. The molecule has 0 N–H and O–H groups in total. The van der Waals surface area contributed by atoms with Gasteiger partial charge in [-0.25, -0.2) is 12.8 Å². The number of aryl methyl sites for hydroxylation is 1. The summed E-state index contributed by atoms with van der Waals surface area (Å²) in [7, 11) is -3.89. The topological polar surface area (TPSA) is 60.9 Å². The number of sulfonamides is 1. The van der Waals surface area contributed by atoms with Gasteiger partial charge in [0.15, 0.2) is 0 Å². The van der Waals surface area contributed by atoms with Crippen LogP contribution in [0.3, 0.4) is 0 Å². The van der Waals surface area contributed by atoms with Gasteiger partial charge in [0.1, 0.15) is 5.82 Å². The van der Waals surface area contributed by atoms with E-state index in [1.165, 1.54) is 16.4 Å². The van der Waals surface area contributed by atoms with Gasteiger partial charge in [-0.1, -0.05) is 45.8 Å². The fourth-order valence-corrected chi connectivity index (χ4v) is 5.64. The summed E-state index contributed by atoms with van der Waals surface area (Å²) in [5.74, 6) is -0.528. The van der Waals surface area contributed by atoms with Gasteiger partial charge in [-0.3, -0.25) is 4.79 Å². The minimum atomic E-state index is -3.89. The van der Waals surface area contributed by atoms with Gasteiger partial charge >= 0.3 is 0 Å². The summed E-state index contributed by atoms with van der Waals surface area (Å²) >= 11 is 3.40. The van der Waals surface area contributed by atoms with Crippen LogP contribution in [0.4, 0.5) is 10.1 Å². The van der Waals surface area contributed by atoms with E-state index in [4.69, 9.17) is 0 Å². The molecule has 4 rings (SSSR count). The van der Waals surface area contributed by atoms with Crippen LogP contribution in [0.5, 0.6) is 0 Å². The standard InChI is InChI=1S/C26H27BrFN3O3S/c1-20-2-12-25(13-3-20)35(33,34)31(18-21-4-6-22(27)7-5-21)19-26(32)30-16-14-29(15-17-30)24-10-8-23(28)9-11-24/h2-13H,14-19H2,1H3. The maximum absolute atomic E-state index is 13.5. The molecular weight excluding hydrogens is 533 g/mol. The predicted molar refractivity (Wildman–Crippen MR) is 138 cm³/mol. The molecule has 3 aromatic carbocycles. The Labute approximate surface area is 214 Å². The van der Waals surface area contributed by atoms with Crippen LogP contribution in [0.25, 0.3) is 0 Å². The van der Waals surface area contributed by atoms with E-state index in [1.807, 2.05) is 31.2 Å². The van der Waals surface area contributed by atoms with E-state index in [1.54, 1.807) is 41.3 Å². The van der Waals surface area contributed by atoms with Crippen LogP contribution in [0.15, 0.2) is 82.2 Å². The number of carbonyl (C=O) groups excluding carboxylic acids is 1. The van der Waals surface area contributed by atoms with Gasteiger partial charge in [0, 0.05) is 42.9 Å². The van der Waals surface area contributed by atoms with E-state index in [2.05, 4.69) is 20.8 Å². The first kappa shape index (κ1) is 25.3. The number of piperazine rings is 1. The maximum atomic E-state index is 13.5. The third-order valence-corrected chi connectivity index (χ3v) is 8.40. The van der Waals surface area contributed by atoms with Crippen molar-refractivity contribution in [3.8, 4) is 0 Å². The summed E-state index contributed by atoms with van der Waals surface area (Å²) in [5, 5.41) is 0. The van der Waals surface area contributed by atoms with E-state index in [0.717, 1.165) is 21.3 Å². The molecule has 9 heteroatoms. The lowest BCUT2D eigenvalue weighted by Crippen LogP contribution is -2.51. The Morgan fingerprint density at radius 3 is 2.11 bits per heavy atom. The van der Waals surface area contributed by atoms with Gasteiger partial charge in [-0.15, -0.1) is 0 Å². The number of nitrogens with zero attached hydrogens (tertiary/aromatic N) is 3. The molecule has 0 aromatic heterocycles. The van der Waals surface area contributed by atoms with E-state index in [9.17, 15) is 17.6 Å².